The highest BCUT2D eigenvalue weighted by Gasteiger charge is 1.55. The molecule has 0 N–H and O–H groups in total. The van der Waals surface area contributed by atoms with Gasteiger partial charge in [-0.2, -0.15) is 0 Å². The van der Waals surface area contributed by atoms with Gasteiger partial charge in [0, 0.05) is 0 Å². The zero-order chi connectivity index (χ0) is 4.12. The van der Waals surface area contributed by atoms with Crippen molar-refractivity contribution in [1.29, 1.82) is 0 Å². The highest BCUT2D eigenvalue weighted by Crippen LogP contribution is 1.84. The summed E-state index contributed by atoms with van der Waals surface area (Å²) < 4.78 is 12.8. The maximum absolute atomic E-state index is 9.16. The van der Waals surface area contributed by atoms with Gasteiger partial charge in [-0.3, -0.25) is 9.36 Å². The summed E-state index contributed by atoms with van der Waals surface area (Å²) in [6.45, 7) is 0.155. The quantitative estimate of drug-likeness (QED) is 0.352. The lowest BCUT2D eigenvalue weighted by atomic mass is 11.7. The average Bonchev–Trinajstić information content (AvgIpc) is 1.41. The summed E-state index contributed by atoms with van der Waals surface area (Å²) in [6, 6.07) is 0. The van der Waals surface area contributed by atoms with E-state index >= 15 is 0 Å². The van der Waals surface area contributed by atoms with E-state index in [9.17, 15) is 0 Å². The molecule has 0 spiro atoms. The van der Waals surface area contributed by atoms with Crippen molar-refractivity contribution in [2.24, 2.45) is 0 Å². The lowest BCUT2D eigenvalue weighted by molar-refractivity contribution is -0.119. The molecule has 1 unspecified atom stereocenters. The molecule has 3 nitrogen and oxygen atoms in total. The molecule has 0 heterocycles. The fraction of sp³-hybridized carbons (Fsp3) is 0. The molecule has 0 aromatic carbocycles. The molecule has 30 valence electrons. The Balaban J connectivity index is 2.65. The van der Waals surface area contributed by atoms with E-state index in [1.165, 1.54) is 0 Å². The molecule has 0 rings (SSSR count). The zero-order valence-corrected chi connectivity index (χ0v) is 3.53. The Kier molecular flexibility index (Phi) is 3.48. The van der Waals surface area contributed by atoms with E-state index in [-0.39, 0.29) is 6.47 Å². The van der Waals surface area contributed by atoms with Crippen LogP contribution in [0.5, 0.6) is 0 Å². The molecular weight excluding hydrogens is 91.0 g/mol. The maximum Gasteiger partial charge on any atom is 0.297 e. The summed E-state index contributed by atoms with van der Waals surface area (Å²) in [5.41, 5.74) is 0. The normalized spacial score (nSPS) is 8.80. The van der Waals surface area contributed by atoms with Gasteiger partial charge in [0.15, 0.2) is 0 Å². The molecule has 5 heavy (non-hydrogen) atoms. The van der Waals surface area contributed by atoms with Gasteiger partial charge in [0.25, 0.3) is 6.47 Å². The summed E-state index contributed by atoms with van der Waals surface area (Å²) in [6.07, 6.45) is 0. The second kappa shape index (κ2) is 3.70. The summed E-state index contributed by atoms with van der Waals surface area (Å²) in [4.78, 5) is 9.00. The fourth-order valence-electron chi connectivity index (χ4n) is 0.0227. The standard InChI is InChI=1S/CH3O3P/c2-1-4-5-3/h1H,5H2. The Bertz CT molecular complexity index is 36.2. The van der Waals surface area contributed by atoms with Crippen LogP contribution in [0, 0.1) is 0 Å². The first-order valence-electron chi connectivity index (χ1n) is 0.943. The van der Waals surface area contributed by atoms with E-state index in [0.717, 1.165) is 0 Å². The van der Waals surface area contributed by atoms with Crippen molar-refractivity contribution < 1.29 is 13.9 Å². The van der Waals surface area contributed by atoms with Gasteiger partial charge >= 0.3 is 0 Å². The van der Waals surface area contributed by atoms with Crippen LogP contribution >= 0.6 is 8.69 Å². The van der Waals surface area contributed by atoms with Crippen LogP contribution in [0.3, 0.4) is 0 Å². The van der Waals surface area contributed by atoms with Crippen molar-refractivity contribution in [3.8, 4) is 0 Å². The van der Waals surface area contributed by atoms with Crippen LogP contribution in [0.25, 0.3) is 0 Å². The van der Waals surface area contributed by atoms with E-state index in [2.05, 4.69) is 4.52 Å². The van der Waals surface area contributed by atoms with E-state index in [1.54, 1.807) is 0 Å². The second-order valence-electron chi connectivity index (χ2n) is 0.329. The van der Waals surface area contributed by atoms with Crippen molar-refractivity contribution in [3.63, 3.8) is 0 Å². The van der Waals surface area contributed by atoms with Gasteiger partial charge in [-0.25, -0.2) is 0 Å². The first kappa shape index (κ1) is 4.70. The van der Waals surface area contributed by atoms with Gasteiger partial charge in [-0.05, 0) is 0 Å². The molecule has 0 saturated heterocycles. The van der Waals surface area contributed by atoms with Crippen molar-refractivity contribution in [2.45, 2.75) is 0 Å². The first-order valence-corrected chi connectivity index (χ1v) is 1.89. The number of carbonyl (C=O) groups is 1. The monoisotopic (exact) mass is 94.0 g/mol. The van der Waals surface area contributed by atoms with Gasteiger partial charge in [0.1, 0.15) is 0 Å². The summed E-state index contributed by atoms with van der Waals surface area (Å²) in [7, 11) is -1.33. The topological polar surface area (TPSA) is 43.4 Å². The van der Waals surface area contributed by atoms with Gasteiger partial charge in [0.2, 0.25) is 8.69 Å². The maximum atomic E-state index is 9.16. The van der Waals surface area contributed by atoms with Crippen molar-refractivity contribution in [1.82, 2.24) is 0 Å². The van der Waals surface area contributed by atoms with Crippen LogP contribution < -0.4 is 0 Å². The Hall–Kier alpha value is -0.300. The van der Waals surface area contributed by atoms with Crippen LogP contribution in [0.1, 0.15) is 0 Å². The van der Waals surface area contributed by atoms with Gasteiger partial charge in [-0.15, -0.1) is 0 Å². The minimum Gasteiger partial charge on any atom is -0.419 e. The molecular formula is CH3O3P. The average molecular weight is 94.0 g/mol. The molecule has 0 bridgehead atoms. The molecule has 0 aliphatic heterocycles. The summed E-state index contributed by atoms with van der Waals surface area (Å²) in [5.74, 6) is 0. The number of rotatable bonds is 2. The summed E-state index contributed by atoms with van der Waals surface area (Å²) >= 11 is 0. The van der Waals surface area contributed by atoms with E-state index < -0.39 is 8.69 Å². The highest BCUT2D eigenvalue weighted by molar-refractivity contribution is 7.18. The molecule has 0 aromatic heterocycles. The Morgan fingerprint density at radius 1 is 1.80 bits per heavy atom. The third kappa shape index (κ3) is 3.70. The minimum absolute atomic E-state index is 0.155. The molecule has 0 radical (unpaired) electrons. The van der Waals surface area contributed by atoms with Crippen molar-refractivity contribution >= 4 is 15.2 Å². The number of hydrogen-bond donors (Lipinski definition) is 0. The van der Waals surface area contributed by atoms with Gasteiger partial charge < -0.3 is 4.52 Å². The summed E-state index contributed by atoms with van der Waals surface area (Å²) in [5, 5.41) is 0. The van der Waals surface area contributed by atoms with Crippen molar-refractivity contribution in [3.05, 3.63) is 0 Å². The third-order valence-corrected chi connectivity index (χ3v) is 0.333. The number of hydrogen-bond acceptors (Lipinski definition) is 3. The fourth-order valence-corrected chi connectivity index (χ4v) is 0.0680. The smallest absolute Gasteiger partial charge is 0.297 e. The van der Waals surface area contributed by atoms with Crippen molar-refractivity contribution in [2.75, 3.05) is 0 Å². The van der Waals surface area contributed by atoms with Crippen LogP contribution in [0.15, 0.2) is 0 Å². The Morgan fingerprint density at radius 2 is 2.40 bits per heavy atom. The lowest BCUT2D eigenvalue weighted by Gasteiger charge is -1.68. The van der Waals surface area contributed by atoms with E-state index in [1.807, 2.05) is 0 Å². The predicted molar refractivity (Wildman–Crippen MR) is 17.5 cm³/mol. The first-order chi connectivity index (χ1) is 2.41. The lowest BCUT2D eigenvalue weighted by Crippen LogP contribution is -1.59. The van der Waals surface area contributed by atoms with Gasteiger partial charge in [0.05, 0.1) is 0 Å². The third-order valence-electron chi connectivity index (χ3n) is 0.111. The van der Waals surface area contributed by atoms with E-state index in [0.29, 0.717) is 0 Å². The van der Waals surface area contributed by atoms with Gasteiger partial charge in [-0.1, -0.05) is 0 Å². The van der Waals surface area contributed by atoms with Crippen LogP contribution in [-0.4, -0.2) is 6.47 Å². The Labute approximate surface area is 30.2 Å². The molecule has 0 aliphatic rings. The predicted octanol–water partition coefficient (Wildman–Crippen LogP) is -0.169. The Morgan fingerprint density at radius 3 is 2.40 bits per heavy atom. The largest absolute Gasteiger partial charge is 0.419 e. The molecule has 0 amide bonds. The van der Waals surface area contributed by atoms with Crippen LogP contribution in [0.4, 0.5) is 0 Å². The molecule has 1 atom stereocenters. The highest BCUT2D eigenvalue weighted by atomic mass is 31.1. The molecule has 4 heteroatoms. The number of carbonyl (C=O) groups excluding carboxylic acids is 1. The molecule has 0 aromatic rings. The SMILES string of the molecule is O=CO[PH2]=O. The van der Waals surface area contributed by atoms with Crippen LogP contribution in [-0.2, 0) is 13.9 Å². The molecule has 0 aliphatic carbocycles. The second-order valence-corrected chi connectivity index (χ2v) is 0.793. The molecule has 0 fully saturated rings. The van der Waals surface area contributed by atoms with Crippen LogP contribution in [0.2, 0.25) is 0 Å². The van der Waals surface area contributed by atoms with E-state index in [4.69, 9.17) is 9.36 Å². The zero-order valence-electron chi connectivity index (χ0n) is 2.38. The molecule has 0 saturated carbocycles. The minimum atomic E-state index is -1.33.